The summed E-state index contributed by atoms with van der Waals surface area (Å²) in [4.78, 5) is 25.7. The lowest BCUT2D eigenvalue weighted by atomic mass is 9.87. The standard InChI is InChI=1S/C24H29N3O4/c1-5-24(19-9-7-6-8-10-19)22(28)27(23(29)26-24)25-16-18-11-12-20(21(15-18)30-4)31-14-13-17(2)3/h6-12,15-17H,5,13-14H2,1-4H3,(H,26,29)/b25-16-/t24-/m1/s1. The summed E-state index contributed by atoms with van der Waals surface area (Å²) in [6.45, 7) is 6.74. The molecule has 1 aliphatic heterocycles. The van der Waals surface area contributed by atoms with Gasteiger partial charge in [0.25, 0.3) is 5.91 Å². The van der Waals surface area contributed by atoms with Crippen LogP contribution in [0.5, 0.6) is 11.5 Å². The molecule has 3 rings (SSSR count). The molecule has 0 aromatic heterocycles. The number of nitrogens with zero attached hydrogens (tertiary/aromatic N) is 2. The summed E-state index contributed by atoms with van der Waals surface area (Å²) in [5, 5.41) is 7.86. The van der Waals surface area contributed by atoms with Crippen LogP contribution in [-0.4, -0.2) is 36.9 Å². The van der Waals surface area contributed by atoms with Gasteiger partial charge in [-0.05, 0) is 48.1 Å². The molecule has 2 aromatic carbocycles. The van der Waals surface area contributed by atoms with Crippen LogP contribution >= 0.6 is 0 Å². The van der Waals surface area contributed by atoms with E-state index in [0.29, 0.717) is 36.0 Å². The van der Waals surface area contributed by atoms with Crippen molar-refractivity contribution < 1.29 is 19.1 Å². The Bertz CT molecular complexity index is 959. The van der Waals surface area contributed by atoms with Crippen LogP contribution in [0.15, 0.2) is 53.6 Å². The number of hydrazone groups is 1. The summed E-state index contributed by atoms with van der Waals surface area (Å²) in [6, 6.07) is 14.0. The highest BCUT2D eigenvalue weighted by atomic mass is 16.5. The third kappa shape index (κ3) is 4.71. The van der Waals surface area contributed by atoms with Gasteiger partial charge in [0.15, 0.2) is 11.5 Å². The Morgan fingerprint density at radius 3 is 2.52 bits per heavy atom. The first-order valence-electron chi connectivity index (χ1n) is 10.5. The number of imide groups is 1. The Morgan fingerprint density at radius 2 is 1.87 bits per heavy atom. The lowest BCUT2D eigenvalue weighted by Gasteiger charge is -2.24. The first-order chi connectivity index (χ1) is 14.9. The van der Waals surface area contributed by atoms with E-state index in [4.69, 9.17) is 9.47 Å². The van der Waals surface area contributed by atoms with Gasteiger partial charge in [0.2, 0.25) is 0 Å². The van der Waals surface area contributed by atoms with Crippen LogP contribution in [-0.2, 0) is 10.3 Å². The summed E-state index contributed by atoms with van der Waals surface area (Å²) in [7, 11) is 1.57. The van der Waals surface area contributed by atoms with E-state index in [2.05, 4.69) is 24.3 Å². The summed E-state index contributed by atoms with van der Waals surface area (Å²) >= 11 is 0. The largest absolute Gasteiger partial charge is 0.493 e. The molecule has 3 amide bonds. The van der Waals surface area contributed by atoms with Gasteiger partial charge in [-0.2, -0.15) is 5.10 Å². The van der Waals surface area contributed by atoms with Gasteiger partial charge in [-0.1, -0.05) is 51.1 Å². The Balaban J connectivity index is 1.78. The number of hydrogen-bond acceptors (Lipinski definition) is 5. The maximum Gasteiger partial charge on any atom is 0.346 e. The highest BCUT2D eigenvalue weighted by Gasteiger charge is 2.51. The molecule has 1 aliphatic rings. The lowest BCUT2D eigenvalue weighted by molar-refractivity contribution is -0.131. The molecule has 0 saturated carbocycles. The molecule has 7 nitrogen and oxygen atoms in total. The third-order valence-electron chi connectivity index (χ3n) is 5.33. The predicted octanol–water partition coefficient (Wildman–Crippen LogP) is 4.31. The molecule has 0 aliphatic carbocycles. The zero-order valence-electron chi connectivity index (χ0n) is 18.4. The van der Waals surface area contributed by atoms with Gasteiger partial charge in [0, 0.05) is 0 Å². The smallest absolute Gasteiger partial charge is 0.346 e. The molecule has 0 bridgehead atoms. The predicted molar refractivity (Wildman–Crippen MR) is 119 cm³/mol. The number of ether oxygens (including phenoxy) is 2. The highest BCUT2D eigenvalue weighted by molar-refractivity contribution is 6.07. The zero-order chi connectivity index (χ0) is 22.4. The molecule has 2 aromatic rings. The average Bonchev–Trinajstić information content (AvgIpc) is 3.03. The normalized spacial score (nSPS) is 18.7. The first kappa shape index (κ1) is 22.3. The van der Waals surface area contributed by atoms with Crippen molar-refractivity contribution in [3.8, 4) is 11.5 Å². The van der Waals surface area contributed by atoms with Gasteiger partial charge in [0.1, 0.15) is 5.54 Å². The summed E-state index contributed by atoms with van der Waals surface area (Å²) in [6.07, 6.45) is 2.83. The van der Waals surface area contributed by atoms with Crippen LogP contribution < -0.4 is 14.8 Å². The van der Waals surface area contributed by atoms with E-state index in [1.54, 1.807) is 25.3 Å². The molecule has 1 saturated heterocycles. The first-order valence-corrected chi connectivity index (χ1v) is 10.5. The fraction of sp³-hybridized carbons (Fsp3) is 0.375. The second-order valence-electron chi connectivity index (χ2n) is 7.86. The van der Waals surface area contributed by atoms with Gasteiger partial charge < -0.3 is 14.8 Å². The average molecular weight is 424 g/mol. The van der Waals surface area contributed by atoms with Crippen molar-refractivity contribution in [1.29, 1.82) is 0 Å². The number of benzene rings is 2. The number of carbonyl (C=O) groups excluding carboxylic acids is 2. The topological polar surface area (TPSA) is 80.2 Å². The molecule has 1 atom stereocenters. The number of hydrogen-bond donors (Lipinski definition) is 1. The van der Waals surface area contributed by atoms with Gasteiger partial charge in [-0.15, -0.1) is 5.01 Å². The van der Waals surface area contributed by atoms with Crippen molar-refractivity contribution in [3.63, 3.8) is 0 Å². The Kier molecular flexibility index (Phi) is 6.95. The maximum absolute atomic E-state index is 13.1. The minimum absolute atomic E-state index is 0.400. The molecular formula is C24H29N3O4. The molecule has 1 fully saturated rings. The van der Waals surface area contributed by atoms with Crippen molar-refractivity contribution in [3.05, 3.63) is 59.7 Å². The number of carbonyl (C=O) groups is 2. The Labute approximate surface area is 183 Å². The quantitative estimate of drug-likeness (QED) is 0.481. The Morgan fingerprint density at radius 1 is 1.13 bits per heavy atom. The molecule has 1 N–H and O–H groups in total. The van der Waals surface area contributed by atoms with Crippen molar-refractivity contribution in [2.45, 2.75) is 39.2 Å². The van der Waals surface area contributed by atoms with Crippen LogP contribution in [0.25, 0.3) is 0 Å². The van der Waals surface area contributed by atoms with Crippen LogP contribution in [0.4, 0.5) is 4.79 Å². The van der Waals surface area contributed by atoms with E-state index in [-0.39, 0.29) is 0 Å². The van der Waals surface area contributed by atoms with Crippen LogP contribution in [0.2, 0.25) is 0 Å². The van der Waals surface area contributed by atoms with Crippen LogP contribution in [0.3, 0.4) is 0 Å². The van der Waals surface area contributed by atoms with Crippen molar-refractivity contribution in [2.24, 2.45) is 11.0 Å². The Hall–Kier alpha value is -3.35. The van der Waals surface area contributed by atoms with Gasteiger partial charge >= 0.3 is 6.03 Å². The molecule has 164 valence electrons. The van der Waals surface area contributed by atoms with E-state index in [1.807, 2.05) is 37.3 Å². The summed E-state index contributed by atoms with van der Waals surface area (Å²) in [5.74, 6) is 1.36. The number of nitrogens with one attached hydrogen (secondary N) is 1. The number of urea groups is 1. The van der Waals surface area contributed by atoms with E-state index in [9.17, 15) is 9.59 Å². The second kappa shape index (κ2) is 9.64. The highest BCUT2D eigenvalue weighted by Crippen LogP contribution is 2.33. The molecule has 31 heavy (non-hydrogen) atoms. The van der Waals surface area contributed by atoms with E-state index in [1.165, 1.54) is 6.21 Å². The third-order valence-corrected chi connectivity index (χ3v) is 5.33. The monoisotopic (exact) mass is 423 g/mol. The fourth-order valence-corrected chi connectivity index (χ4v) is 3.44. The second-order valence-corrected chi connectivity index (χ2v) is 7.86. The van der Waals surface area contributed by atoms with Crippen LogP contribution in [0.1, 0.15) is 44.7 Å². The minimum Gasteiger partial charge on any atom is -0.493 e. The van der Waals surface area contributed by atoms with E-state index in [0.717, 1.165) is 17.0 Å². The molecule has 7 heteroatoms. The SMILES string of the molecule is CC[C@]1(c2ccccc2)NC(=O)N(/N=C\c2ccc(OCCC(C)C)c(OC)c2)C1=O. The molecule has 1 heterocycles. The van der Waals surface area contributed by atoms with E-state index < -0.39 is 17.5 Å². The fourth-order valence-electron chi connectivity index (χ4n) is 3.44. The maximum atomic E-state index is 13.1. The van der Waals surface area contributed by atoms with Gasteiger partial charge in [0.05, 0.1) is 19.9 Å². The van der Waals surface area contributed by atoms with Crippen molar-refractivity contribution in [1.82, 2.24) is 10.3 Å². The van der Waals surface area contributed by atoms with E-state index >= 15 is 0 Å². The van der Waals surface area contributed by atoms with Crippen LogP contribution in [0, 0.1) is 5.92 Å². The molecule has 0 radical (unpaired) electrons. The molecular weight excluding hydrogens is 394 g/mol. The minimum atomic E-state index is -1.11. The molecule has 0 spiro atoms. The molecule has 0 unspecified atom stereocenters. The summed E-state index contributed by atoms with van der Waals surface area (Å²) < 4.78 is 11.2. The number of amides is 3. The van der Waals surface area contributed by atoms with Gasteiger partial charge in [-0.25, -0.2) is 4.79 Å². The van der Waals surface area contributed by atoms with Gasteiger partial charge in [-0.3, -0.25) is 4.79 Å². The lowest BCUT2D eigenvalue weighted by Crippen LogP contribution is -2.43. The summed E-state index contributed by atoms with van der Waals surface area (Å²) in [5.41, 5.74) is 0.307. The number of methoxy groups -OCH3 is 1. The zero-order valence-corrected chi connectivity index (χ0v) is 18.4. The van der Waals surface area contributed by atoms with Crippen molar-refractivity contribution >= 4 is 18.2 Å². The van der Waals surface area contributed by atoms with Crippen molar-refractivity contribution in [2.75, 3.05) is 13.7 Å². The number of rotatable bonds is 9.